The summed E-state index contributed by atoms with van der Waals surface area (Å²) in [5, 5.41) is 0. The quantitative estimate of drug-likeness (QED) is 0.0664. The molecule has 1 rings (SSSR count). The Morgan fingerprint density at radius 1 is 0.302 bits per heavy atom. The molecule has 1 heterocycles. The Balaban J connectivity index is 1.95. The highest BCUT2D eigenvalue weighted by Crippen LogP contribution is 2.23. The lowest BCUT2D eigenvalue weighted by molar-refractivity contribution is 0.122. The van der Waals surface area contributed by atoms with Crippen molar-refractivity contribution in [2.75, 3.05) is 26.2 Å². The van der Waals surface area contributed by atoms with Crippen LogP contribution in [0.5, 0.6) is 0 Å². The molecule has 0 aromatic carbocycles. The van der Waals surface area contributed by atoms with E-state index in [0.29, 0.717) is 0 Å². The maximum Gasteiger partial charge on any atom is 0.0623 e. The van der Waals surface area contributed by atoms with Crippen molar-refractivity contribution in [2.45, 2.75) is 239 Å². The van der Waals surface area contributed by atoms with Gasteiger partial charge in [-0.1, -0.05) is 213 Å². The van der Waals surface area contributed by atoms with Gasteiger partial charge in [-0.3, -0.25) is 9.80 Å². The van der Waals surface area contributed by atoms with Crippen LogP contribution in [0.25, 0.3) is 0 Å². The van der Waals surface area contributed by atoms with E-state index < -0.39 is 0 Å². The number of rotatable bonds is 35. The molecule has 2 heteroatoms. The Labute approximate surface area is 274 Å². The Morgan fingerprint density at radius 3 is 0.907 bits per heavy atom. The summed E-state index contributed by atoms with van der Waals surface area (Å²) in [6, 6.07) is 0. The third-order valence-corrected chi connectivity index (χ3v) is 10.4. The monoisotopic (exact) mass is 605 g/mol. The molecule has 0 radical (unpaired) electrons. The van der Waals surface area contributed by atoms with Crippen molar-refractivity contribution in [3.05, 3.63) is 0 Å². The number of unbranched alkanes of at least 4 members (excludes halogenated alkanes) is 29. The first-order chi connectivity index (χ1) is 21.3. The molecule has 1 saturated heterocycles. The minimum Gasteiger partial charge on any atom is -0.287 e. The van der Waals surface area contributed by atoms with Crippen LogP contribution in [0.3, 0.4) is 0 Å². The lowest BCUT2D eigenvalue weighted by Crippen LogP contribution is -2.39. The molecule has 0 spiro atoms. The first kappa shape index (κ1) is 40.9. The minimum atomic E-state index is 0.748. The second-order valence-electron chi connectivity index (χ2n) is 14.6. The van der Waals surface area contributed by atoms with E-state index in [1.54, 1.807) is 0 Å². The molecule has 0 bridgehead atoms. The van der Waals surface area contributed by atoms with E-state index in [0.717, 1.165) is 6.17 Å². The van der Waals surface area contributed by atoms with E-state index in [2.05, 4.69) is 30.6 Å². The Kier molecular flexibility index (Phi) is 31.7. The largest absolute Gasteiger partial charge is 0.287 e. The first-order valence-corrected chi connectivity index (χ1v) is 20.8. The molecule has 1 fully saturated rings. The van der Waals surface area contributed by atoms with Gasteiger partial charge in [-0.25, -0.2) is 0 Å². The maximum absolute atomic E-state index is 2.86. The van der Waals surface area contributed by atoms with E-state index in [9.17, 15) is 0 Å². The fraction of sp³-hybridized carbons (Fsp3) is 1.00. The van der Waals surface area contributed by atoms with Gasteiger partial charge in [-0.05, 0) is 32.4 Å². The molecule has 1 aliphatic rings. The van der Waals surface area contributed by atoms with Gasteiger partial charge < -0.3 is 0 Å². The Bertz CT molecular complexity index is 520. The van der Waals surface area contributed by atoms with Gasteiger partial charge >= 0.3 is 0 Å². The summed E-state index contributed by atoms with van der Waals surface area (Å²) in [5.74, 6) is 0. The van der Waals surface area contributed by atoms with Crippen LogP contribution in [-0.4, -0.2) is 42.1 Å². The van der Waals surface area contributed by atoms with Crippen LogP contribution in [0.1, 0.15) is 233 Å². The molecule has 1 atom stereocenters. The average Bonchev–Trinajstić information content (AvgIpc) is 3.39. The van der Waals surface area contributed by atoms with Crippen LogP contribution >= 0.6 is 0 Å². The molecule has 0 aliphatic carbocycles. The topological polar surface area (TPSA) is 6.48 Å². The predicted octanol–water partition coefficient (Wildman–Crippen LogP) is 13.9. The standard InChI is InChI=1S/C41H84N2/c1-4-7-9-11-13-15-17-19-21-23-25-27-29-31-33-35-38-43-40-39-42(37-6-3)41(43)36-34-32-30-28-26-24-22-20-18-16-14-12-10-8-5-2/h41H,4-40H2,1-3H3. The summed E-state index contributed by atoms with van der Waals surface area (Å²) in [6.45, 7) is 12.3. The molecule has 258 valence electrons. The van der Waals surface area contributed by atoms with Crippen molar-refractivity contribution in [1.29, 1.82) is 0 Å². The van der Waals surface area contributed by atoms with Crippen LogP contribution in [-0.2, 0) is 0 Å². The molecule has 0 saturated carbocycles. The van der Waals surface area contributed by atoms with Crippen LogP contribution in [0.15, 0.2) is 0 Å². The molecule has 0 amide bonds. The molecule has 0 N–H and O–H groups in total. The van der Waals surface area contributed by atoms with Crippen molar-refractivity contribution in [1.82, 2.24) is 9.80 Å². The molecular weight excluding hydrogens is 520 g/mol. The van der Waals surface area contributed by atoms with E-state index in [-0.39, 0.29) is 0 Å². The number of hydrogen-bond acceptors (Lipinski definition) is 2. The van der Waals surface area contributed by atoms with E-state index >= 15 is 0 Å². The van der Waals surface area contributed by atoms with E-state index in [1.807, 2.05) is 0 Å². The smallest absolute Gasteiger partial charge is 0.0623 e. The van der Waals surface area contributed by atoms with Crippen LogP contribution in [0.4, 0.5) is 0 Å². The van der Waals surface area contributed by atoms with Gasteiger partial charge in [0.1, 0.15) is 0 Å². The summed E-state index contributed by atoms with van der Waals surface area (Å²) in [5.41, 5.74) is 0. The summed E-state index contributed by atoms with van der Waals surface area (Å²) in [7, 11) is 0. The number of nitrogens with zero attached hydrogens (tertiary/aromatic N) is 2. The zero-order valence-electron chi connectivity index (χ0n) is 30.6. The van der Waals surface area contributed by atoms with Gasteiger partial charge in [-0.15, -0.1) is 0 Å². The molecule has 1 unspecified atom stereocenters. The van der Waals surface area contributed by atoms with Crippen molar-refractivity contribution in [2.24, 2.45) is 0 Å². The summed E-state index contributed by atoms with van der Waals surface area (Å²) < 4.78 is 0. The van der Waals surface area contributed by atoms with Gasteiger partial charge in [0.25, 0.3) is 0 Å². The van der Waals surface area contributed by atoms with Gasteiger partial charge in [-0.2, -0.15) is 0 Å². The average molecular weight is 605 g/mol. The third kappa shape index (κ3) is 25.8. The highest BCUT2D eigenvalue weighted by Gasteiger charge is 2.30. The Hall–Kier alpha value is -0.0800. The lowest BCUT2D eigenvalue weighted by atomic mass is 10.0. The molecule has 0 aromatic rings. The fourth-order valence-electron chi connectivity index (χ4n) is 7.52. The van der Waals surface area contributed by atoms with Crippen molar-refractivity contribution in [3.63, 3.8) is 0 Å². The Morgan fingerprint density at radius 2 is 0.581 bits per heavy atom. The zero-order valence-corrected chi connectivity index (χ0v) is 30.6. The molecule has 2 nitrogen and oxygen atoms in total. The predicted molar refractivity (Wildman–Crippen MR) is 196 cm³/mol. The normalized spacial score (nSPS) is 16.1. The number of hydrogen-bond donors (Lipinski definition) is 0. The van der Waals surface area contributed by atoms with Crippen LogP contribution < -0.4 is 0 Å². The van der Waals surface area contributed by atoms with Gasteiger partial charge in [0.2, 0.25) is 0 Å². The van der Waals surface area contributed by atoms with Crippen molar-refractivity contribution >= 4 is 0 Å². The second-order valence-corrected chi connectivity index (χ2v) is 14.6. The van der Waals surface area contributed by atoms with Gasteiger partial charge in [0.05, 0.1) is 6.17 Å². The lowest BCUT2D eigenvalue weighted by Gasteiger charge is -2.30. The SMILES string of the molecule is CCCCCCCCCCCCCCCCCCN1CCN(CCC)C1CCCCCCCCCCCCCCCCC. The molecule has 43 heavy (non-hydrogen) atoms. The van der Waals surface area contributed by atoms with Crippen molar-refractivity contribution in [3.8, 4) is 0 Å². The third-order valence-electron chi connectivity index (χ3n) is 10.4. The zero-order chi connectivity index (χ0) is 30.9. The summed E-state index contributed by atoms with van der Waals surface area (Å²) in [6.07, 6.45) is 48.9. The van der Waals surface area contributed by atoms with E-state index in [4.69, 9.17) is 0 Å². The second kappa shape index (κ2) is 33.3. The van der Waals surface area contributed by atoms with Crippen LogP contribution in [0.2, 0.25) is 0 Å². The molecule has 1 aliphatic heterocycles. The molecule has 0 aromatic heterocycles. The highest BCUT2D eigenvalue weighted by molar-refractivity contribution is 4.81. The minimum absolute atomic E-state index is 0.748. The van der Waals surface area contributed by atoms with Gasteiger partial charge in [0, 0.05) is 13.1 Å². The van der Waals surface area contributed by atoms with Crippen molar-refractivity contribution < 1.29 is 0 Å². The summed E-state index contributed by atoms with van der Waals surface area (Å²) in [4.78, 5) is 5.68. The maximum atomic E-state index is 2.86. The molecular formula is C41H84N2. The summed E-state index contributed by atoms with van der Waals surface area (Å²) >= 11 is 0. The van der Waals surface area contributed by atoms with E-state index in [1.165, 1.54) is 238 Å². The fourth-order valence-corrected chi connectivity index (χ4v) is 7.52. The highest BCUT2D eigenvalue weighted by atomic mass is 15.4. The van der Waals surface area contributed by atoms with Gasteiger partial charge in [0.15, 0.2) is 0 Å². The first-order valence-electron chi connectivity index (χ1n) is 20.8. The van der Waals surface area contributed by atoms with Crippen LogP contribution in [0, 0.1) is 0 Å².